The molecule has 156 valence electrons. The number of hydrogen-bond acceptors (Lipinski definition) is 6. The number of rotatable bonds is 6. The second-order valence-electron chi connectivity index (χ2n) is 7.82. The molecule has 0 bridgehead atoms. The average molecular weight is 406 g/mol. The molecule has 30 heavy (non-hydrogen) atoms. The second kappa shape index (κ2) is 9.02. The number of aromatic amines is 1. The fourth-order valence-corrected chi connectivity index (χ4v) is 4.02. The summed E-state index contributed by atoms with van der Waals surface area (Å²) in [6.07, 6.45) is 15.9. The Morgan fingerprint density at radius 3 is 2.77 bits per heavy atom. The van der Waals surface area contributed by atoms with Crippen molar-refractivity contribution in [3.8, 4) is 0 Å². The standard InChI is InChI=1S/C22H27N7O/c1-3-16(19-24-13-25-29-19)10-9-14(2)18-12-23-20-21(27-18)26-17(22(30)28-20)11-15-7-5-4-6-8-15/h3,9-10,12-13,15,17H,2,4-8,11H2,1H3,(H,26,27)(H,23,28,30)(H,24,25,29)/b10-9-,16-3+. The molecule has 4 rings (SSSR count). The van der Waals surface area contributed by atoms with E-state index in [1.54, 1.807) is 6.20 Å². The minimum Gasteiger partial charge on any atom is -0.355 e. The van der Waals surface area contributed by atoms with E-state index in [1.807, 2.05) is 25.2 Å². The predicted octanol–water partition coefficient (Wildman–Crippen LogP) is 3.97. The molecule has 3 heterocycles. The van der Waals surface area contributed by atoms with Crippen LogP contribution in [0.2, 0.25) is 0 Å². The lowest BCUT2D eigenvalue weighted by atomic mass is 9.84. The molecule has 0 saturated heterocycles. The van der Waals surface area contributed by atoms with Crippen LogP contribution >= 0.6 is 0 Å². The normalized spacial score (nSPS) is 20.0. The Morgan fingerprint density at radius 1 is 1.20 bits per heavy atom. The summed E-state index contributed by atoms with van der Waals surface area (Å²) < 4.78 is 0. The second-order valence-corrected chi connectivity index (χ2v) is 7.82. The zero-order valence-corrected chi connectivity index (χ0v) is 17.2. The number of fused-ring (bicyclic) bond motifs is 1. The van der Waals surface area contributed by atoms with Crippen molar-refractivity contribution in [2.75, 3.05) is 10.6 Å². The van der Waals surface area contributed by atoms with Crippen LogP contribution in [0.5, 0.6) is 0 Å². The first-order valence-electron chi connectivity index (χ1n) is 10.5. The maximum atomic E-state index is 12.5. The summed E-state index contributed by atoms with van der Waals surface area (Å²) in [6, 6.07) is -0.268. The first-order chi connectivity index (χ1) is 14.6. The van der Waals surface area contributed by atoms with Gasteiger partial charge in [0.25, 0.3) is 0 Å². The Kier molecular flexibility index (Phi) is 6.02. The van der Waals surface area contributed by atoms with E-state index in [1.165, 1.54) is 38.4 Å². The molecule has 1 amide bonds. The molecule has 0 spiro atoms. The van der Waals surface area contributed by atoms with Gasteiger partial charge in [0, 0.05) is 5.57 Å². The van der Waals surface area contributed by atoms with E-state index in [-0.39, 0.29) is 11.9 Å². The molecule has 2 aromatic rings. The maximum Gasteiger partial charge on any atom is 0.248 e. The third-order valence-corrected chi connectivity index (χ3v) is 5.73. The lowest BCUT2D eigenvalue weighted by Gasteiger charge is -2.30. The smallest absolute Gasteiger partial charge is 0.248 e. The van der Waals surface area contributed by atoms with E-state index >= 15 is 0 Å². The summed E-state index contributed by atoms with van der Waals surface area (Å²) in [4.78, 5) is 25.7. The first-order valence-corrected chi connectivity index (χ1v) is 10.5. The number of nitrogens with zero attached hydrogens (tertiary/aromatic N) is 4. The third-order valence-electron chi connectivity index (χ3n) is 5.73. The highest BCUT2D eigenvalue weighted by Crippen LogP contribution is 2.31. The Bertz CT molecular complexity index is 971. The molecule has 8 heteroatoms. The summed E-state index contributed by atoms with van der Waals surface area (Å²) in [6.45, 7) is 6.04. The number of allylic oxidation sites excluding steroid dienone is 5. The SMILES string of the molecule is C=C(/C=C\C(=C/C)c1ncn[nH]1)c1cnc2c(n1)NC(CC1CCCCC1)C(=O)N2. The molecule has 2 aliphatic rings. The number of carbonyl (C=O) groups excluding carboxylic acids is 1. The van der Waals surface area contributed by atoms with Crippen LogP contribution in [0.3, 0.4) is 0 Å². The molecule has 8 nitrogen and oxygen atoms in total. The Morgan fingerprint density at radius 2 is 2.03 bits per heavy atom. The fraction of sp³-hybridized carbons (Fsp3) is 0.409. The molecule has 1 unspecified atom stereocenters. The summed E-state index contributed by atoms with van der Waals surface area (Å²) >= 11 is 0. The van der Waals surface area contributed by atoms with Crippen LogP contribution < -0.4 is 10.6 Å². The molecule has 0 radical (unpaired) electrons. The monoisotopic (exact) mass is 405 g/mol. The molecule has 1 atom stereocenters. The predicted molar refractivity (Wildman–Crippen MR) is 117 cm³/mol. The van der Waals surface area contributed by atoms with Crippen LogP contribution in [0.4, 0.5) is 11.6 Å². The molecule has 1 aliphatic heterocycles. The average Bonchev–Trinajstić information content (AvgIpc) is 3.30. The minimum absolute atomic E-state index is 0.0290. The van der Waals surface area contributed by atoms with Crippen molar-refractivity contribution in [3.63, 3.8) is 0 Å². The van der Waals surface area contributed by atoms with Crippen molar-refractivity contribution in [1.29, 1.82) is 0 Å². The van der Waals surface area contributed by atoms with Crippen LogP contribution in [0.15, 0.2) is 37.3 Å². The van der Waals surface area contributed by atoms with Gasteiger partial charge in [-0.05, 0) is 24.8 Å². The zero-order chi connectivity index (χ0) is 20.9. The van der Waals surface area contributed by atoms with Gasteiger partial charge < -0.3 is 10.6 Å². The summed E-state index contributed by atoms with van der Waals surface area (Å²) in [7, 11) is 0. The van der Waals surface area contributed by atoms with Crippen LogP contribution in [0.25, 0.3) is 11.1 Å². The molecule has 1 saturated carbocycles. The van der Waals surface area contributed by atoms with Crippen molar-refractivity contribution in [3.05, 3.63) is 48.8 Å². The van der Waals surface area contributed by atoms with Crippen molar-refractivity contribution in [2.24, 2.45) is 5.92 Å². The van der Waals surface area contributed by atoms with E-state index in [0.717, 1.165) is 12.0 Å². The molecular weight excluding hydrogens is 378 g/mol. The highest BCUT2D eigenvalue weighted by atomic mass is 16.2. The van der Waals surface area contributed by atoms with Crippen LogP contribution in [0.1, 0.15) is 57.0 Å². The molecule has 3 N–H and O–H groups in total. The number of aromatic nitrogens is 5. The highest BCUT2D eigenvalue weighted by molar-refractivity contribution is 6.01. The minimum atomic E-state index is -0.268. The maximum absolute atomic E-state index is 12.5. The van der Waals surface area contributed by atoms with Crippen LogP contribution in [-0.2, 0) is 4.79 Å². The van der Waals surface area contributed by atoms with E-state index in [4.69, 9.17) is 0 Å². The van der Waals surface area contributed by atoms with E-state index < -0.39 is 0 Å². The number of hydrogen-bond donors (Lipinski definition) is 3. The molecule has 0 aromatic carbocycles. The van der Waals surface area contributed by atoms with Gasteiger partial charge in [0.15, 0.2) is 17.5 Å². The first kappa shape index (κ1) is 20.0. The summed E-state index contributed by atoms with van der Waals surface area (Å²) in [5, 5.41) is 12.9. The molecule has 2 aromatic heterocycles. The van der Waals surface area contributed by atoms with E-state index in [0.29, 0.717) is 34.6 Å². The molecular formula is C22H27N7O. The van der Waals surface area contributed by atoms with Crippen LogP contribution in [0, 0.1) is 5.92 Å². The van der Waals surface area contributed by atoms with Crippen molar-refractivity contribution in [2.45, 2.75) is 51.5 Å². The van der Waals surface area contributed by atoms with Crippen LogP contribution in [-0.4, -0.2) is 37.1 Å². The number of nitrogens with one attached hydrogen (secondary N) is 3. The van der Waals surface area contributed by atoms with Gasteiger partial charge in [-0.15, -0.1) is 0 Å². The topological polar surface area (TPSA) is 108 Å². The Labute approximate surface area is 176 Å². The number of anilines is 2. The van der Waals surface area contributed by atoms with E-state index in [2.05, 4.69) is 42.4 Å². The molecule has 1 fully saturated rings. The largest absolute Gasteiger partial charge is 0.355 e. The number of H-pyrrole nitrogens is 1. The van der Waals surface area contributed by atoms with Gasteiger partial charge in [-0.3, -0.25) is 9.89 Å². The quantitative estimate of drug-likeness (QED) is 0.628. The lowest BCUT2D eigenvalue weighted by Crippen LogP contribution is -2.41. The summed E-state index contributed by atoms with van der Waals surface area (Å²) in [5.74, 6) is 2.32. The Hall–Kier alpha value is -3.29. The van der Waals surface area contributed by atoms with Crippen molar-refractivity contribution < 1.29 is 4.79 Å². The van der Waals surface area contributed by atoms with Gasteiger partial charge in [-0.25, -0.2) is 15.0 Å². The highest BCUT2D eigenvalue weighted by Gasteiger charge is 2.30. The zero-order valence-electron chi connectivity index (χ0n) is 17.2. The van der Waals surface area contributed by atoms with Gasteiger partial charge in [0.2, 0.25) is 5.91 Å². The van der Waals surface area contributed by atoms with Gasteiger partial charge in [0.05, 0.1) is 11.9 Å². The van der Waals surface area contributed by atoms with Gasteiger partial charge in [-0.2, -0.15) is 5.10 Å². The van der Waals surface area contributed by atoms with E-state index in [9.17, 15) is 4.79 Å². The fourth-order valence-electron chi connectivity index (χ4n) is 4.02. The number of carbonyl (C=O) groups is 1. The van der Waals surface area contributed by atoms with Crippen molar-refractivity contribution >= 4 is 28.7 Å². The number of amides is 1. The van der Waals surface area contributed by atoms with Gasteiger partial charge in [0.1, 0.15) is 12.4 Å². The molecule has 1 aliphatic carbocycles. The Balaban J connectivity index is 1.46. The van der Waals surface area contributed by atoms with Gasteiger partial charge in [-0.1, -0.05) is 56.9 Å². The summed E-state index contributed by atoms with van der Waals surface area (Å²) in [5.41, 5.74) is 2.27. The lowest BCUT2D eigenvalue weighted by molar-refractivity contribution is -0.117. The van der Waals surface area contributed by atoms with Crippen molar-refractivity contribution in [1.82, 2.24) is 25.1 Å². The van der Waals surface area contributed by atoms with Gasteiger partial charge >= 0.3 is 0 Å². The third kappa shape index (κ3) is 4.48.